The van der Waals surface area contributed by atoms with Gasteiger partial charge in [0, 0.05) is 16.3 Å². The van der Waals surface area contributed by atoms with E-state index in [1.54, 1.807) is 35.1 Å². The molecule has 1 aliphatic rings. The molecule has 5 nitrogen and oxygen atoms in total. The lowest BCUT2D eigenvalue weighted by Crippen LogP contribution is -2.26. The van der Waals surface area contributed by atoms with Crippen LogP contribution in [0.3, 0.4) is 0 Å². The average molecular weight is 446 g/mol. The van der Waals surface area contributed by atoms with Gasteiger partial charge in [-0.1, -0.05) is 46.9 Å². The number of hydrogen-bond acceptors (Lipinski definition) is 3. The largest absolute Gasteiger partial charge is 0.293 e. The van der Waals surface area contributed by atoms with Crippen molar-refractivity contribution < 1.29 is 0 Å². The van der Waals surface area contributed by atoms with E-state index in [0.717, 1.165) is 35.2 Å². The minimum atomic E-state index is -0.215. The van der Waals surface area contributed by atoms with Crippen molar-refractivity contribution in [2.75, 3.05) is 0 Å². The van der Waals surface area contributed by atoms with E-state index < -0.39 is 0 Å². The third-order valence-electron chi connectivity index (χ3n) is 5.04. The summed E-state index contributed by atoms with van der Waals surface area (Å²) in [5.41, 5.74) is 2.78. The van der Waals surface area contributed by atoms with Gasteiger partial charge in [0.2, 0.25) is 0 Å². The Bertz CT molecular complexity index is 1310. The van der Waals surface area contributed by atoms with Crippen LogP contribution in [0, 0.1) is 0 Å². The van der Waals surface area contributed by atoms with Crippen LogP contribution in [0.25, 0.3) is 16.6 Å². The quantitative estimate of drug-likeness (QED) is 0.419. The van der Waals surface area contributed by atoms with Gasteiger partial charge in [0.25, 0.3) is 5.56 Å². The molecule has 8 heteroatoms. The number of benzene rings is 2. The molecule has 0 unspecified atom stereocenters. The van der Waals surface area contributed by atoms with Gasteiger partial charge in [0.15, 0.2) is 0 Å². The Hall–Kier alpha value is -2.34. The zero-order valence-electron chi connectivity index (χ0n) is 15.1. The summed E-state index contributed by atoms with van der Waals surface area (Å²) in [5, 5.41) is 11.5. The fourth-order valence-electron chi connectivity index (χ4n) is 3.47. The Kier molecular flexibility index (Phi) is 4.62. The molecule has 1 fully saturated rings. The first kappa shape index (κ1) is 18.7. The molecule has 4 aromatic rings. The zero-order valence-corrected chi connectivity index (χ0v) is 17.4. The fourth-order valence-corrected chi connectivity index (χ4v) is 3.98. The van der Waals surface area contributed by atoms with E-state index in [9.17, 15) is 4.79 Å². The molecule has 1 saturated carbocycles. The highest BCUT2D eigenvalue weighted by Crippen LogP contribution is 2.41. The molecule has 2 aromatic carbocycles. The number of rotatable bonds is 4. The Morgan fingerprint density at radius 1 is 1.03 bits per heavy atom. The molecule has 0 radical (unpaired) electrons. The molecule has 0 aliphatic heterocycles. The number of halogens is 3. The minimum absolute atomic E-state index is 0.215. The third kappa shape index (κ3) is 3.44. The topological polar surface area (TPSA) is 52.7 Å². The maximum atomic E-state index is 13.4. The third-order valence-corrected chi connectivity index (χ3v) is 6.02. The van der Waals surface area contributed by atoms with Gasteiger partial charge >= 0.3 is 0 Å². The Morgan fingerprint density at radius 2 is 1.86 bits per heavy atom. The molecular formula is C21H15Cl3N4O. The summed E-state index contributed by atoms with van der Waals surface area (Å²) in [6, 6.07) is 12.6. The van der Waals surface area contributed by atoms with E-state index in [4.69, 9.17) is 34.8 Å². The Balaban J connectivity index is 1.70. The maximum Gasteiger partial charge on any atom is 0.293 e. The summed E-state index contributed by atoms with van der Waals surface area (Å²) in [7, 11) is 0. The van der Waals surface area contributed by atoms with Gasteiger partial charge in [0.05, 0.1) is 34.2 Å². The first-order valence-electron chi connectivity index (χ1n) is 9.20. The second kappa shape index (κ2) is 7.17. The summed E-state index contributed by atoms with van der Waals surface area (Å²) in [6.07, 6.45) is 3.85. The van der Waals surface area contributed by atoms with Crippen molar-refractivity contribution in [1.82, 2.24) is 19.6 Å². The number of aromatic nitrogens is 4. The number of hydrogen-bond donors (Lipinski definition) is 0. The molecule has 0 saturated heterocycles. The van der Waals surface area contributed by atoms with Gasteiger partial charge in [-0.2, -0.15) is 10.2 Å². The molecule has 2 heterocycles. The van der Waals surface area contributed by atoms with Crippen LogP contribution in [0.15, 0.2) is 53.5 Å². The molecule has 5 rings (SSSR count). The standard InChI is InChI=1S/C21H15Cl3N4O/c22-14-2-1-3-15(9-14)28-20-16(10-25-28)19(13-5-6-13)26-27(21(20)29)11-12-4-7-17(23)18(24)8-12/h1-4,7-10,13H,5-6,11H2. The summed E-state index contributed by atoms with van der Waals surface area (Å²) in [6.45, 7) is 0.298. The van der Waals surface area contributed by atoms with Gasteiger partial charge in [0.1, 0.15) is 5.52 Å². The zero-order chi connectivity index (χ0) is 20.1. The highest BCUT2D eigenvalue weighted by Gasteiger charge is 2.30. The second-order valence-corrected chi connectivity index (χ2v) is 8.42. The summed E-state index contributed by atoms with van der Waals surface area (Å²) in [4.78, 5) is 13.4. The summed E-state index contributed by atoms with van der Waals surface area (Å²) >= 11 is 18.3. The second-order valence-electron chi connectivity index (χ2n) is 7.17. The molecule has 2 aromatic heterocycles. The molecule has 0 atom stereocenters. The van der Waals surface area contributed by atoms with E-state index in [2.05, 4.69) is 10.2 Å². The van der Waals surface area contributed by atoms with Gasteiger partial charge in [-0.05, 0) is 48.7 Å². The molecule has 146 valence electrons. The van der Waals surface area contributed by atoms with Gasteiger partial charge in [-0.3, -0.25) is 4.79 Å². The molecule has 29 heavy (non-hydrogen) atoms. The van der Waals surface area contributed by atoms with Crippen LogP contribution >= 0.6 is 34.8 Å². The van der Waals surface area contributed by atoms with Crippen LogP contribution in [-0.4, -0.2) is 19.6 Å². The van der Waals surface area contributed by atoms with Crippen molar-refractivity contribution in [3.05, 3.63) is 85.3 Å². The maximum absolute atomic E-state index is 13.4. The molecule has 0 N–H and O–H groups in total. The predicted molar refractivity (Wildman–Crippen MR) is 116 cm³/mol. The molecule has 0 bridgehead atoms. The predicted octanol–water partition coefficient (Wildman–Crippen LogP) is 5.47. The highest BCUT2D eigenvalue weighted by atomic mass is 35.5. The van der Waals surface area contributed by atoms with E-state index in [1.807, 2.05) is 18.2 Å². The van der Waals surface area contributed by atoms with Crippen LogP contribution in [0.4, 0.5) is 0 Å². The lowest BCUT2D eigenvalue weighted by atomic mass is 10.2. The monoisotopic (exact) mass is 444 g/mol. The van der Waals surface area contributed by atoms with Crippen molar-refractivity contribution in [2.24, 2.45) is 0 Å². The van der Waals surface area contributed by atoms with Gasteiger partial charge in [-0.15, -0.1) is 0 Å². The van der Waals surface area contributed by atoms with Crippen LogP contribution < -0.4 is 5.56 Å². The smallest absolute Gasteiger partial charge is 0.265 e. The van der Waals surface area contributed by atoms with E-state index in [-0.39, 0.29) is 5.56 Å². The van der Waals surface area contributed by atoms with E-state index >= 15 is 0 Å². The van der Waals surface area contributed by atoms with Crippen LogP contribution in [0.5, 0.6) is 0 Å². The fraction of sp³-hybridized carbons (Fsp3) is 0.190. The SMILES string of the molecule is O=c1c2c(cnn2-c2cccc(Cl)c2)c(C2CC2)nn1Cc1ccc(Cl)c(Cl)c1. The molecule has 0 amide bonds. The summed E-state index contributed by atoms with van der Waals surface area (Å²) in [5.74, 6) is 0.357. The first-order valence-corrected chi connectivity index (χ1v) is 10.3. The Morgan fingerprint density at radius 3 is 2.59 bits per heavy atom. The van der Waals surface area contributed by atoms with Crippen molar-refractivity contribution >= 4 is 45.7 Å². The first-order chi connectivity index (χ1) is 14.0. The minimum Gasteiger partial charge on any atom is -0.265 e. The number of fused-ring (bicyclic) bond motifs is 1. The van der Waals surface area contributed by atoms with Crippen molar-refractivity contribution in [1.29, 1.82) is 0 Å². The van der Waals surface area contributed by atoms with E-state index in [1.165, 1.54) is 4.68 Å². The highest BCUT2D eigenvalue weighted by molar-refractivity contribution is 6.42. The molecular weight excluding hydrogens is 431 g/mol. The van der Waals surface area contributed by atoms with Gasteiger partial charge < -0.3 is 0 Å². The van der Waals surface area contributed by atoms with Crippen molar-refractivity contribution in [3.63, 3.8) is 0 Å². The van der Waals surface area contributed by atoms with Crippen LogP contribution in [0.1, 0.15) is 30.0 Å². The van der Waals surface area contributed by atoms with Crippen molar-refractivity contribution in [3.8, 4) is 5.69 Å². The van der Waals surface area contributed by atoms with Gasteiger partial charge in [-0.25, -0.2) is 9.36 Å². The lowest BCUT2D eigenvalue weighted by Gasteiger charge is -2.11. The Labute approximate surface area is 181 Å². The average Bonchev–Trinajstić information content (AvgIpc) is 3.44. The van der Waals surface area contributed by atoms with Crippen molar-refractivity contribution in [2.45, 2.75) is 25.3 Å². The molecule has 1 aliphatic carbocycles. The number of nitrogens with zero attached hydrogens (tertiary/aromatic N) is 4. The summed E-state index contributed by atoms with van der Waals surface area (Å²) < 4.78 is 3.13. The van der Waals surface area contributed by atoms with Crippen LogP contribution in [0.2, 0.25) is 15.1 Å². The van der Waals surface area contributed by atoms with Crippen LogP contribution in [-0.2, 0) is 6.54 Å². The van der Waals surface area contributed by atoms with E-state index in [0.29, 0.717) is 33.0 Å². The normalized spacial score (nSPS) is 13.9. The molecule has 0 spiro atoms. The lowest BCUT2D eigenvalue weighted by molar-refractivity contribution is 0.626.